The summed E-state index contributed by atoms with van der Waals surface area (Å²) in [6.07, 6.45) is 6.22. The van der Waals surface area contributed by atoms with Crippen LogP contribution < -0.4 is 0 Å². The van der Waals surface area contributed by atoms with Crippen LogP contribution in [0.3, 0.4) is 0 Å². The molecule has 0 heterocycles. The monoisotopic (exact) mass is 309 g/mol. The Morgan fingerprint density at radius 2 is 1.83 bits per heavy atom. The standard InChI is InChI=1S/C22H15NO/c1-4-13-6-8-18-17(10-13)21(24)20-16-7-5-14(12-23)9-15(16)11-19(20)22(18,2)3/h1,5-10H,11H2,2-3H3. The summed E-state index contributed by atoms with van der Waals surface area (Å²) >= 11 is 0. The smallest absolute Gasteiger partial charge is 0.193 e. The number of benzene rings is 2. The number of hydrogen-bond acceptors (Lipinski definition) is 2. The van der Waals surface area contributed by atoms with Gasteiger partial charge in [-0.05, 0) is 52.9 Å². The fourth-order valence-corrected chi connectivity index (χ4v) is 3.95. The van der Waals surface area contributed by atoms with Gasteiger partial charge < -0.3 is 0 Å². The Labute approximate surface area is 141 Å². The maximum absolute atomic E-state index is 13.2. The third kappa shape index (κ3) is 1.75. The average Bonchev–Trinajstić information content (AvgIpc) is 2.99. The van der Waals surface area contributed by atoms with Crippen molar-refractivity contribution in [2.75, 3.05) is 0 Å². The highest BCUT2D eigenvalue weighted by molar-refractivity contribution is 6.33. The zero-order chi connectivity index (χ0) is 17.1. The number of allylic oxidation sites excluding steroid dienone is 2. The SMILES string of the molecule is C#Cc1ccc2c(c1)C(=O)C1=C(Cc3cc(C#N)ccc31)C2(C)C. The number of fused-ring (bicyclic) bond motifs is 3. The minimum absolute atomic E-state index is 0.0416. The molecular weight excluding hydrogens is 294 g/mol. The first-order valence-corrected chi connectivity index (χ1v) is 7.90. The molecule has 2 aromatic rings. The normalized spacial score (nSPS) is 16.8. The van der Waals surface area contributed by atoms with Crippen molar-refractivity contribution in [2.24, 2.45) is 0 Å². The first-order valence-electron chi connectivity index (χ1n) is 7.90. The van der Waals surface area contributed by atoms with Gasteiger partial charge in [0.15, 0.2) is 5.78 Å². The van der Waals surface area contributed by atoms with Crippen molar-refractivity contribution in [3.8, 4) is 18.4 Å². The first-order chi connectivity index (χ1) is 11.5. The number of Topliss-reactive ketones (excluding diaryl/α,β-unsaturated/α-hetero) is 1. The molecule has 0 atom stereocenters. The minimum atomic E-state index is -0.239. The van der Waals surface area contributed by atoms with E-state index >= 15 is 0 Å². The zero-order valence-electron chi connectivity index (χ0n) is 13.6. The summed E-state index contributed by atoms with van der Waals surface area (Å²) in [5.74, 6) is 2.66. The molecule has 0 saturated heterocycles. The van der Waals surface area contributed by atoms with Gasteiger partial charge in [0.05, 0.1) is 11.6 Å². The summed E-state index contributed by atoms with van der Waals surface area (Å²) in [6, 6.07) is 13.5. The molecule has 0 spiro atoms. The molecule has 2 heteroatoms. The number of nitriles is 1. The van der Waals surface area contributed by atoms with Gasteiger partial charge in [-0.25, -0.2) is 0 Å². The Hall–Kier alpha value is -3.10. The van der Waals surface area contributed by atoms with E-state index in [1.807, 2.05) is 30.3 Å². The quantitative estimate of drug-likeness (QED) is 0.690. The molecule has 0 bridgehead atoms. The largest absolute Gasteiger partial charge is 0.289 e. The molecule has 0 fully saturated rings. The molecule has 0 unspecified atom stereocenters. The minimum Gasteiger partial charge on any atom is -0.289 e. The predicted molar refractivity (Wildman–Crippen MR) is 93.5 cm³/mol. The summed E-state index contributed by atoms with van der Waals surface area (Å²) in [4.78, 5) is 13.2. The Kier molecular flexibility index (Phi) is 2.84. The van der Waals surface area contributed by atoms with Crippen molar-refractivity contribution in [1.82, 2.24) is 0 Å². The lowest BCUT2D eigenvalue weighted by molar-refractivity contribution is 0.105. The van der Waals surface area contributed by atoms with E-state index in [-0.39, 0.29) is 11.2 Å². The van der Waals surface area contributed by atoms with E-state index in [1.54, 1.807) is 6.07 Å². The van der Waals surface area contributed by atoms with Crippen molar-refractivity contribution in [2.45, 2.75) is 25.7 Å². The molecule has 0 aliphatic heterocycles. The van der Waals surface area contributed by atoms with E-state index in [0.717, 1.165) is 39.8 Å². The first kappa shape index (κ1) is 14.5. The molecule has 0 radical (unpaired) electrons. The second-order valence-electron chi connectivity index (χ2n) is 6.87. The highest BCUT2D eigenvalue weighted by Crippen LogP contribution is 2.49. The van der Waals surface area contributed by atoms with Crippen LogP contribution in [-0.4, -0.2) is 5.78 Å². The lowest BCUT2D eigenvalue weighted by Gasteiger charge is -2.34. The number of nitrogens with zero attached hydrogens (tertiary/aromatic N) is 1. The lowest BCUT2D eigenvalue weighted by atomic mass is 9.68. The summed E-state index contributed by atoms with van der Waals surface area (Å²) in [6.45, 7) is 4.31. The van der Waals surface area contributed by atoms with Crippen LogP contribution >= 0.6 is 0 Å². The van der Waals surface area contributed by atoms with Crippen LogP contribution in [0.15, 0.2) is 42.0 Å². The van der Waals surface area contributed by atoms with Crippen molar-refractivity contribution in [3.63, 3.8) is 0 Å². The number of carbonyl (C=O) groups is 1. The molecule has 114 valence electrons. The van der Waals surface area contributed by atoms with E-state index in [4.69, 9.17) is 11.7 Å². The van der Waals surface area contributed by atoms with Crippen LogP contribution in [-0.2, 0) is 11.8 Å². The van der Waals surface area contributed by atoms with Crippen LogP contribution in [0.2, 0.25) is 0 Å². The molecule has 2 nitrogen and oxygen atoms in total. The molecular formula is C22H15NO. The van der Waals surface area contributed by atoms with Crippen LogP contribution in [0.25, 0.3) is 5.57 Å². The summed E-state index contributed by atoms with van der Waals surface area (Å²) in [5.41, 5.74) is 6.79. The van der Waals surface area contributed by atoms with Gasteiger partial charge in [-0.3, -0.25) is 4.79 Å². The number of carbonyl (C=O) groups excluding carboxylic acids is 1. The van der Waals surface area contributed by atoms with Gasteiger partial charge >= 0.3 is 0 Å². The number of rotatable bonds is 0. The van der Waals surface area contributed by atoms with Gasteiger partial charge in [0, 0.05) is 22.1 Å². The average molecular weight is 309 g/mol. The molecule has 0 aromatic heterocycles. The van der Waals surface area contributed by atoms with Gasteiger partial charge in [-0.15, -0.1) is 6.42 Å². The summed E-state index contributed by atoms with van der Waals surface area (Å²) in [5, 5.41) is 9.13. The van der Waals surface area contributed by atoms with Crippen molar-refractivity contribution < 1.29 is 4.79 Å². The predicted octanol–water partition coefficient (Wildman–Crippen LogP) is 4.02. The van der Waals surface area contributed by atoms with E-state index in [2.05, 4.69) is 25.8 Å². The number of ketones is 1. The third-order valence-electron chi connectivity index (χ3n) is 5.26. The molecule has 0 N–H and O–H groups in total. The van der Waals surface area contributed by atoms with E-state index in [1.165, 1.54) is 0 Å². The zero-order valence-corrected chi connectivity index (χ0v) is 13.6. The number of terminal acetylenes is 1. The Morgan fingerprint density at radius 3 is 2.54 bits per heavy atom. The maximum Gasteiger partial charge on any atom is 0.193 e. The van der Waals surface area contributed by atoms with Crippen LogP contribution in [0, 0.1) is 23.7 Å². The Bertz CT molecular complexity index is 1040. The van der Waals surface area contributed by atoms with Gasteiger partial charge in [0.25, 0.3) is 0 Å². The molecule has 2 aromatic carbocycles. The topological polar surface area (TPSA) is 40.9 Å². The highest BCUT2D eigenvalue weighted by atomic mass is 16.1. The van der Waals surface area contributed by atoms with Crippen molar-refractivity contribution >= 4 is 11.4 Å². The molecule has 2 aliphatic carbocycles. The van der Waals surface area contributed by atoms with E-state index < -0.39 is 0 Å². The van der Waals surface area contributed by atoms with Gasteiger partial charge in [-0.1, -0.05) is 31.9 Å². The van der Waals surface area contributed by atoms with Crippen LogP contribution in [0.5, 0.6) is 0 Å². The fourth-order valence-electron chi connectivity index (χ4n) is 3.95. The molecule has 0 saturated carbocycles. The van der Waals surface area contributed by atoms with E-state index in [9.17, 15) is 4.79 Å². The highest BCUT2D eigenvalue weighted by Gasteiger charge is 2.42. The fraction of sp³-hybridized carbons (Fsp3) is 0.182. The summed E-state index contributed by atoms with van der Waals surface area (Å²) in [7, 11) is 0. The number of hydrogen-bond donors (Lipinski definition) is 0. The maximum atomic E-state index is 13.2. The van der Waals surface area contributed by atoms with Crippen molar-refractivity contribution in [1.29, 1.82) is 5.26 Å². The Balaban J connectivity index is 1.97. The molecule has 2 aliphatic rings. The lowest BCUT2D eigenvalue weighted by Crippen LogP contribution is -2.29. The van der Waals surface area contributed by atoms with Gasteiger partial charge in [0.1, 0.15) is 0 Å². The second-order valence-corrected chi connectivity index (χ2v) is 6.87. The van der Waals surface area contributed by atoms with Gasteiger partial charge in [0.2, 0.25) is 0 Å². The molecule has 24 heavy (non-hydrogen) atoms. The third-order valence-corrected chi connectivity index (χ3v) is 5.26. The second kappa shape index (κ2) is 4.70. The van der Waals surface area contributed by atoms with Crippen LogP contribution in [0.1, 0.15) is 52.0 Å². The van der Waals surface area contributed by atoms with Gasteiger partial charge in [-0.2, -0.15) is 5.26 Å². The Morgan fingerprint density at radius 1 is 1.08 bits per heavy atom. The van der Waals surface area contributed by atoms with Crippen LogP contribution in [0.4, 0.5) is 0 Å². The van der Waals surface area contributed by atoms with Crippen molar-refractivity contribution in [3.05, 3.63) is 75.4 Å². The molecule has 0 amide bonds. The molecule has 4 rings (SSSR count). The summed E-state index contributed by atoms with van der Waals surface area (Å²) < 4.78 is 0. The van der Waals surface area contributed by atoms with E-state index in [0.29, 0.717) is 11.1 Å².